The number of rotatable bonds is 9. The zero-order valence-corrected chi connectivity index (χ0v) is 11.6. The number of aliphatic hydroxyl groups excluding tert-OH is 2. The minimum atomic E-state index is -0.383. The predicted molar refractivity (Wildman–Crippen MR) is 71.7 cm³/mol. The fraction of sp³-hybridized carbons (Fsp3) is 1.00. The van der Waals surface area contributed by atoms with E-state index < -0.39 is 0 Å². The number of nitrogens with zero attached hydrogens (tertiary/aromatic N) is 2. The first-order chi connectivity index (χ1) is 8.76. The van der Waals surface area contributed by atoms with Crippen molar-refractivity contribution in [3.63, 3.8) is 0 Å². The number of hydrogen-bond acceptors (Lipinski definition) is 5. The van der Waals surface area contributed by atoms with E-state index in [0.717, 1.165) is 52.2 Å². The maximum absolute atomic E-state index is 9.85. The quantitative estimate of drug-likeness (QED) is 0.561. The van der Waals surface area contributed by atoms with Crippen molar-refractivity contribution in [1.82, 2.24) is 9.80 Å². The van der Waals surface area contributed by atoms with Crippen molar-refractivity contribution in [1.29, 1.82) is 0 Å². The standard InChI is InChI=1S/C13H28N2O3/c1-2-3-10-18-12-13(17)11-15-6-4-14(5-7-15)8-9-16/h13,16-17H,2-12H2,1H3. The van der Waals surface area contributed by atoms with E-state index in [1.165, 1.54) is 0 Å². The fourth-order valence-corrected chi connectivity index (χ4v) is 2.15. The molecule has 1 rings (SSSR count). The van der Waals surface area contributed by atoms with Crippen molar-refractivity contribution < 1.29 is 14.9 Å². The molecule has 0 aromatic rings. The molecule has 0 saturated carbocycles. The van der Waals surface area contributed by atoms with E-state index in [-0.39, 0.29) is 12.7 Å². The summed E-state index contributed by atoms with van der Waals surface area (Å²) >= 11 is 0. The van der Waals surface area contributed by atoms with Crippen LogP contribution < -0.4 is 0 Å². The zero-order valence-electron chi connectivity index (χ0n) is 11.6. The van der Waals surface area contributed by atoms with Gasteiger partial charge in [0.05, 0.1) is 19.3 Å². The van der Waals surface area contributed by atoms with Crippen molar-refractivity contribution in [3.05, 3.63) is 0 Å². The van der Waals surface area contributed by atoms with Crippen molar-refractivity contribution in [2.45, 2.75) is 25.9 Å². The highest BCUT2D eigenvalue weighted by molar-refractivity contribution is 4.73. The lowest BCUT2D eigenvalue weighted by molar-refractivity contribution is 0.00545. The molecule has 108 valence electrons. The number of ether oxygens (including phenoxy) is 1. The van der Waals surface area contributed by atoms with E-state index >= 15 is 0 Å². The van der Waals surface area contributed by atoms with Crippen LogP contribution in [0, 0.1) is 0 Å². The van der Waals surface area contributed by atoms with Crippen LogP contribution in [0.1, 0.15) is 19.8 Å². The van der Waals surface area contributed by atoms with Gasteiger partial charge in [-0.3, -0.25) is 9.80 Å². The third-order valence-corrected chi connectivity index (χ3v) is 3.30. The van der Waals surface area contributed by atoms with Crippen LogP contribution in [0.2, 0.25) is 0 Å². The molecule has 5 nitrogen and oxygen atoms in total. The van der Waals surface area contributed by atoms with Crippen LogP contribution in [0.4, 0.5) is 0 Å². The Balaban J connectivity index is 2.05. The molecule has 1 heterocycles. The molecule has 0 spiro atoms. The van der Waals surface area contributed by atoms with Crippen LogP contribution >= 0.6 is 0 Å². The molecule has 2 N–H and O–H groups in total. The van der Waals surface area contributed by atoms with E-state index in [1.807, 2.05) is 0 Å². The van der Waals surface area contributed by atoms with Crippen molar-refractivity contribution in [2.75, 3.05) is 59.1 Å². The Morgan fingerprint density at radius 3 is 2.44 bits per heavy atom. The molecular formula is C13H28N2O3. The number of aliphatic hydroxyl groups is 2. The maximum atomic E-state index is 9.85. The Labute approximate surface area is 110 Å². The van der Waals surface area contributed by atoms with Gasteiger partial charge in [-0.15, -0.1) is 0 Å². The molecular weight excluding hydrogens is 232 g/mol. The lowest BCUT2D eigenvalue weighted by Crippen LogP contribution is -2.49. The monoisotopic (exact) mass is 260 g/mol. The van der Waals surface area contributed by atoms with E-state index in [1.54, 1.807) is 0 Å². The van der Waals surface area contributed by atoms with Crippen LogP contribution in [0.25, 0.3) is 0 Å². The summed E-state index contributed by atoms with van der Waals surface area (Å²) in [6, 6.07) is 0. The summed E-state index contributed by atoms with van der Waals surface area (Å²) in [4.78, 5) is 4.52. The van der Waals surface area contributed by atoms with Gasteiger partial charge >= 0.3 is 0 Å². The van der Waals surface area contributed by atoms with Gasteiger partial charge in [-0.1, -0.05) is 13.3 Å². The summed E-state index contributed by atoms with van der Waals surface area (Å²) in [5.74, 6) is 0. The van der Waals surface area contributed by atoms with Crippen LogP contribution in [0.15, 0.2) is 0 Å². The van der Waals surface area contributed by atoms with Gasteiger partial charge in [0.2, 0.25) is 0 Å². The third-order valence-electron chi connectivity index (χ3n) is 3.30. The van der Waals surface area contributed by atoms with E-state index in [0.29, 0.717) is 13.2 Å². The van der Waals surface area contributed by atoms with Gasteiger partial charge in [-0.05, 0) is 6.42 Å². The average molecular weight is 260 g/mol. The van der Waals surface area contributed by atoms with Crippen molar-refractivity contribution >= 4 is 0 Å². The SMILES string of the molecule is CCCCOCC(O)CN1CCN(CCO)CC1. The number of unbranched alkanes of at least 4 members (excludes halogenated alkanes) is 1. The summed E-state index contributed by atoms with van der Waals surface area (Å²) in [7, 11) is 0. The second-order valence-corrected chi connectivity index (χ2v) is 4.95. The number of β-amino-alcohol motifs (C(OH)–C–C–N with tert-alkyl or cyclic N) is 2. The van der Waals surface area contributed by atoms with Gasteiger partial charge in [0.1, 0.15) is 0 Å². The van der Waals surface area contributed by atoms with Crippen LogP contribution in [-0.4, -0.2) is 85.2 Å². The first-order valence-electron chi connectivity index (χ1n) is 7.07. The van der Waals surface area contributed by atoms with Crippen molar-refractivity contribution in [2.24, 2.45) is 0 Å². The molecule has 0 amide bonds. The van der Waals surface area contributed by atoms with Crippen molar-refractivity contribution in [3.8, 4) is 0 Å². The molecule has 18 heavy (non-hydrogen) atoms. The molecule has 0 bridgehead atoms. The first-order valence-corrected chi connectivity index (χ1v) is 7.07. The van der Waals surface area contributed by atoms with Gasteiger partial charge in [-0.2, -0.15) is 0 Å². The highest BCUT2D eigenvalue weighted by Gasteiger charge is 2.18. The topological polar surface area (TPSA) is 56.2 Å². The second-order valence-electron chi connectivity index (χ2n) is 4.95. The average Bonchev–Trinajstić information content (AvgIpc) is 2.37. The van der Waals surface area contributed by atoms with Gasteiger partial charge in [-0.25, -0.2) is 0 Å². The second kappa shape index (κ2) is 9.69. The molecule has 1 aliphatic heterocycles. The Hall–Kier alpha value is -0.200. The van der Waals surface area contributed by atoms with Gasteiger partial charge < -0.3 is 14.9 Å². The fourth-order valence-electron chi connectivity index (χ4n) is 2.15. The Morgan fingerprint density at radius 1 is 1.17 bits per heavy atom. The van der Waals surface area contributed by atoms with E-state index in [4.69, 9.17) is 9.84 Å². The van der Waals surface area contributed by atoms with Crippen LogP contribution in [-0.2, 0) is 4.74 Å². The highest BCUT2D eigenvalue weighted by Crippen LogP contribution is 2.02. The summed E-state index contributed by atoms with van der Waals surface area (Å²) in [5, 5.41) is 18.7. The normalized spacial score (nSPS) is 20.2. The zero-order chi connectivity index (χ0) is 13.2. The third kappa shape index (κ3) is 6.66. The summed E-state index contributed by atoms with van der Waals surface area (Å²) in [6.07, 6.45) is 1.81. The molecule has 0 radical (unpaired) electrons. The first kappa shape index (κ1) is 15.9. The molecule has 1 unspecified atom stereocenters. The lowest BCUT2D eigenvalue weighted by Gasteiger charge is -2.35. The van der Waals surface area contributed by atoms with Gasteiger partial charge in [0, 0.05) is 45.9 Å². The minimum Gasteiger partial charge on any atom is -0.395 e. The summed E-state index contributed by atoms with van der Waals surface area (Å²) < 4.78 is 5.42. The van der Waals surface area contributed by atoms with Crippen LogP contribution in [0.5, 0.6) is 0 Å². The summed E-state index contributed by atoms with van der Waals surface area (Å²) in [5.41, 5.74) is 0. The minimum absolute atomic E-state index is 0.230. The van der Waals surface area contributed by atoms with Gasteiger partial charge in [0.25, 0.3) is 0 Å². The maximum Gasteiger partial charge on any atom is 0.0900 e. The highest BCUT2D eigenvalue weighted by atomic mass is 16.5. The number of hydrogen-bond donors (Lipinski definition) is 2. The largest absolute Gasteiger partial charge is 0.395 e. The van der Waals surface area contributed by atoms with Crippen LogP contribution in [0.3, 0.4) is 0 Å². The Morgan fingerprint density at radius 2 is 1.83 bits per heavy atom. The molecule has 0 aromatic carbocycles. The molecule has 1 saturated heterocycles. The van der Waals surface area contributed by atoms with E-state index in [2.05, 4.69) is 16.7 Å². The molecule has 1 atom stereocenters. The Kier molecular flexibility index (Phi) is 8.54. The molecule has 1 fully saturated rings. The molecule has 5 heteroatoms. The lowest BCUT2D eigenvalue weighted by atomic mass is 10.2. The molecule has 0 aliphatic carbocycles. The molecule has 0 aromatic heterocycles. The number of piperazine rings is 1. The smallest absolute Gasteiger partial charge is 0.0900 e. The van der Waals surface area contributed by atoms with E-state index in [9.17, 15) is 5.11 Å². The molecule has 1 aliphatic rings. The Bertz CT molecular complexity index is 197. The summed E-state index contributed by atoms with van der Waals surface area (Å²) in [6.45, 7) is 8.88. The predicted octanol–water partition coefficient (Wildman–Crippen LogP) is -0.226. The van der Waals surface area contributed by atoms with Gasteiger partial charge in [0.15, 0.2) is 0 Å².